The molecule has 0 bridgehead atoms. The summed E-state index contributed by atoms with van der Waals surface area (Å²) in [6, 6.07) is 1.72. The van der Waals surface area contributed by atoms with Crippen molar-refractivity contribution in [2.75, 3.05) is 13.7 Å². The lowest BCUT2D eigenvalue weighted by atomic mass is 10.2. The van der Waals surface area contributed by atoms with Crippen molar-refractivity contribution in [3.05, 3.63) is 46.0 Å². The van der Waals surface area contributed by atoms with Gasteiger partial charge in [-0.25, -0.2) is 4.98 Å². The first-order chi connectivity index (χ1) is 12.3. The minimum atomic E-state index is -0.350. The van der Waals surface area contributed by atoms with Crippen LogP contribution >= 0.6 is 0 Å². The molecule has 3 rings (SSSR count). The monoisotopic (exact) mass is 358 g/mol. The number of imidazole rings is 1. The van der Waals surface area contributed by atoms with E-state index in [1.54, 1.807) is 31.0 Å². The van der Waals surface area contributed by atoms with Gasteiger partial charge in [-0.05, 0) is 26.8 Å². The molecule has 0 unspecified atom stereocenters. The fourth-order valence-electron chi connectivity index (χ4n) is 2.96. The van der Waals surface area contributed by atoms with Crippen LogP contribution < -0.4 is 10.9 Å². The number of carbonyl (C=O) groups excluding carboxylic acids is 1. The summed E-state index contributed by atoms with van der Waals surface area (Å²) in [5.74, 6) is 1.14. The summed E-state index contributed by atoms with van der Waals surface area (Å²) in [5.41, 5.74) is 1.61. The van der Waals surface area contributed by atoms with Crippen molar-refractivity contribution in [3.63, 3.8) is 0 Å². The Hall–Kier alpha value is -2.87. The highest BCUT2D eigenvalue weighted by Gasteiger charge is 2.18. The SMILES string of the molecule is COC[C@H](C)NC(=O)c1cn2cc(-c3cc(C)oc3C)n(C)c(=O)c2n1. The lowest BCUT2D eigenvalue weighted by Crippen LogP contribution is -2.35. The van der Waals surface area contributed by atoms with Gasteiger partial charge < -0.3 is 19.0 Å². The Labute approximate surface area is 150 Å². The predicted octanol–water partition coefficient (Wildman–Crippen LogP) is 1.67. The van der Waals surface area contributed by atoms with Crippen molar-refractivity contribution >= 4 is 11.6 Å². The second-order valence-electron chi connectivity index (χ2n) is 6.39. The number of nitrogens with zero attached hydrogens (tertiary/aromatic N) is 3. The van der Waals surface area contributed by atoms with E-state index in [1.807, 2.05) is 26.8 Å². The van der Waals surface area contributed by atoms with Crippen LogP contribution in [0.3, 0.4) is 0 Å². The van der Waals surface area contributed by atoms with E-state index in [-0.39, 0.29) is 28.8 Å². The van der Waals surface area contributed by atoms with Crippen molar-refractivity contribution in [2.45, 2.75) is 26.8 Å². The van der Waals surface area contributed by atoms with Crippen LogP contribution in [0.5, 0.6) is 0 Å². The van der Waals surface area contributed by atoms with Crippen LogP contribution in [0.1, 0.15) is 28.9 Å². The molecule has 0 fully saturated rings. The highest BCUT2D eigenvalue weighted by molar-refractivity contribution is 5.93. The number of carbonyl (C=O) groups is 1. The molecule has 3 aromatic heterocycles. The molecule has 26 heavy (non-hydrogen) atoms. The maximum atomic E-state index is 12.7. The van der Waals surface area contributed by atoms with E-state index in [1.165, 1.54) is 4.57 Å². The van der Waals surface area contributed by atoms with E-state index < -0.39 is 0 Å². The van der Waals surface area contributed by atoms with E-state index in [0.29, 0.717) is 12.3 Å². The summed E-state index contributed by atoms with van der Waals surface area (Å²) < 4.78 is 13.7. The first kappa shape index (κ1) is 17.9. The van der Waals surface area contributed by atoms with Gasteiger partial charge in [0, 0.05) is 38.2 Å². The van der Waals surface area contributed by atoms with Crippen molar-refractivity contribution in [3.8, 4) is 11.3 Å². The van der Waals surface area contributed by atoms with Crippen LogP contribution in [0, 0.1) is 13.8 Å². The first-order valence-electron chi connectivity index (χ1n) is 8.27. The number of aryl methyl sites for hydroxylation is 2. The van der Waals surface area contributed by atoms with E-state index in [4.69, 9.17) is 9.15 Å². The molecule has 138 valence electrons. The Kier molecular flexibility index (Phi) is 4.69. The second kappa shape index (κ2) is 6.80. The third-order valence-electron chi connectivity index (χ3n) is 4.19. The zero-order chi connectivity index (χ0) is 19.0. The molecule has 1 amide bonds. The molecular weight excluding hydrogens is 336 g/mol. The summed E-state index contributed by atoms with van der Waals surface area (Å²) in [4.78, 5) is 29.2. The van der Waals surface area contributed by atoms with Gasteiger partial charge in [-0.2, -0.15) is 0 Å². The van der Waals surface area contributed by atoms with Gasteiger partial charge in [-0.1, -0.05) is 0 Å². The summed E-state index contributed by atoms with van der Waals surface area (Å²) in [7, 11) is 3.24. The van der Waals surface area contributed by atoms with Crippen molar-refractivity contribution in [1.29, 1.82) is 0 Å². The van der Waals surface area contributed by atoms with Crippen LogP contribution in [0.25, 0.3) is 16.9 Å². The molecule has 1 atom stereocenters. The molecule has 0 saturated carbocycles. The number of nitrogens with one attached hydrogen (secondary N) is 1. The Bertz CT molecular complexity index is 1030. The average molecular weight is 358 g/mol. The predicted molar refractivity (Wildman–Crippen MR) is 96.4 cm³/mol. The number of hydrogen-bond acceptors (Lipinski definition) is 5. The minimum absolute atomic E-state index is 0.160. The standard InChI is InChI=1S/C18H22N4O4/c1-10(9-25-5)19-17(23)14-7-22-8-15(13-6-11(2)26-12(13)3)21(4)18(24)16(22)20-14/h6-8,10H,9H2,1-5H3,(H,19,23)/t10-/m0/s1. The molecule has 0 aliphatic rings. The molecule has 3 heterocycles. The van der Waals surface area contributed by atoms with Gasteiger partial charge in [-0.15, -0.1) is 0 Å². The second-order valence-corrected chi connectivity index (χ2v) is 6.39. The zero-order valence-corrected chi connectivity index (χ0v) is 15.5. The van der Waals surface area contributed by atoms with E-state index in [0.717, 1.165) is 17.1 Å². The number of furan rings is 1. The Morgan fingerprint density at radius 3 is 2.73 bits per heavy atom. The fraction of sp³-hybridized carbons (Fsp3) is 0.389. The normalized spacial score (nSPS) is 12.5. The molecule has 1 N–H and O–H groups in total. The molecule has 8 nitrogen and oxygen atoms in total. The quantitative estimate of drug-likeness (QED) is 0.749. The lowest BCUT2D eigenvalue weighted by molar-refractivity contribution is 0.0901. The summed E-state index contributed by atoms with van der Waals surface area (Å²) in [5, 5.41) is 2.79. The number of aromatic nitrogens is 3. The molecule has 0 saturated heterocycles. The summed E-state index contributed by atoms with van der Waals surface area (Å²) >= 11 is 0. The summed E-state index contributed by atoms with van der Waals surface area (Å²) in [6.45, 7) is 5.93. The number of methoxy groups -OCH3 is 1. The first-order valence-corrected chi connectivity index (χ1v) is 8.27. The van der Waals surface area contributed by atoms with Crippen LogP contribution in [-0.4, -0.2) is 39.6 Å². The maximum absolute atomic E-state index is 12.7. The van der Waals surface area contributed by atoms with Gasteiger partial charge in [0.15, 0.2) is 0 Å². The van der Waals surface area contributed by atoms with Crippen LogP contribution in [-0.2, 0) is 11.8 Å². The molecule has 0 radical (unpaired) electrons. The van der Waals surface area contributed by atoms with E-state index in [2.05, 4.69) is 10.3 Å². The number of amides is 1. The fourth-order valence-corrected chi connectivity index (χ4v) is 2.96. The minimum Gasteiger partial charge on any atom is -0.466 e. The Morgan fingerprint density at radius 2 is 2.12 bits per heavy atom. The van der Waals surface area contributed by atoms with Crippen LogP contribution in [0.2, 0.25) is 0 Å². The topological polar surface area (TPSA) is 90.8 Å². The highest BCUT2D eigenvalue weighted by atomic mass is 16.5. The maximum Gasteiger partial charge on any atom is 0.294 e. The van der Waals surface area contributed by atoms with Crippen molar-refractivity contribution in [2.24, 2.45) is 7.05 Å². The number of fused-ring (bicyclic) bond motifs is 1. The van der Waals surface area contributed by atoms with Gasteiger partial charge >= 0.3 is 0 Å². The lowest BCUT2D eigenvalue weighted by Gasteiger charge is -2.10. The molecule has 8 heteroatoms. The van der Waals surface area contributed by atoms with Gasteiger partial charge in [0.1, 0.15) is 17.2 Å². The molecule has 3 aromatic rings. The largest absolute Gasteiger partial charge is 0.466 e. The summed E-state index contributed by atoms with van der Waals surface area (Å²) in [6.07, 6.45) is 3.33. The molecule has 0 aliphatic carbocycles. The van der Waals surface area contributed by atoms with Gasteiger partial charge in [0.05, 0.1) is 12.3 Å². The van der Waals surface area contributed by atoms with Gasteiger partial charge in [-0.3, -0.25) is 14.0 Å². The van der Waals surface area contributed by atoms with E-state index >= 15 is 0 Å². The Morgan fingerprint density at radius 1 is 1.38 bits per heavy atom. The third kappa shape index (κ3) is 3.15. The van der Waals surface area contributed by atoms with E-state index in [9.17, 15) is 9.59 Å². The van der Waals surface area contributed by atoms with Crippen LogP contribution in [0.4, 0.5) is 0 Å². The van der Waals surface area contributed by atoms with Gasteiger partial charge in [0.2, 0.25) is 5.65 Å². The molecular formula is C18H22N4O4. The number of ether oxygens (including phenoxy) is 1. The van der Waals surface area contributed by atoms with Crippen LogP contribution in [0.15, 0.2) is 27.7 Å². The number of hydrogen-bond donors (Lipinski definition) is 1. The molecule has 0 spiro atoms. The van der Waals surface area contributed by atoms with Crippen molar-refractivity contribution < 1.29 is 13.9 Å². The highest BCUT2D eigenvalue weighted by Crippen LogP contribution is 2.25. The third-order valence-corrected chi connectivity index (χ3v) is 4.19. The zero-order valence-electron chi connectivity index (χ0n) is 15.5. The smallest absolute Gasteiger partial charge is 0.294 e. The van der Waals surface area contributed by atoms with Gasteiger partial charge in [0.25, 0.3) is 11.5 Å². The Balaban J connectivity index is 2.05. The molecule has 0 aliphatic heterocycles. The molecule has 0 aromatic carbocycles. The van der Waals surface area contributed by atoms with Crippen molar-refractivity contribution in [1.82, 2.24) is 19.3 Å². The average Bonchev–Trinajstić information content (AvgIpc) is 3.14. The number of rotatable bonds is 5.